The lowest BCUT2D eigenvalue weighted by Crippen LogP contribution is -2.46. The molecule has 8 heteroatoms. The third-order valence-corrected chi connectivity index (χ3v) is 4.02. The van der Waals surface area contributed by atoms with Gasteiger partial charge in [0.05, 0.1) is 17.3 Å². The SMILES string of the molecule is CC(C)NC(=O)NC(=O)C(C)OC(=O)c1cc(-c2ccco2)nc2ccccc12. The molecule has 150 valence electrons. The molecular weight excluding hydrogens is 374 g/mol. The Kier molecular flexibility index (Phi) is 5.92. The highest BCUT2D eigenvalue weighted by Gasteiger charge is 2.23. The van der Waals surface area contributed by atoms with E-state index >= 15 is 0 Å². The van der Waals surface area contributed by atoms with Gasteiger partial charge in [0.2, 0.25) is 0 Å². The summed E-state index contributed by atoms with van der Waals surface area (Å²) in [5, 5.41) is 5.26. The first-order valence-corrected chi connectivity index (χ1v) is 9.11. The van der Waals surface area contributed by atoms with Crippen LogP contribution in [0.5, 0.6) is 0 Å². The lowest BCUT2D eigenvalue weighted by molar-refractivity contribution is -0.127. The summed E-state index contributed by atoms with van der Waals surface area (Å²) in [6, 6.07) is 11.3. The molecule has 2 heterocycles. The Bertz CT molecular complexity index is 1040. The molecule has 1 atom stereocenters. The van der Waals surface area contributed by atoms with Crippen molar-refractivity contribution < 1.29 is 23.5 Å². The standard InChI is InChI=1S/C21H21N3O5/c1-12(2)22-21(27)24-19(25)13(3)29-20(26)15-11-17(18-9-6-10-28-18)23-16-8-5-4-7-14(15)16/h4-13H,1-3H3,(H2,22,24,25,27). The molecule has 1 unspecified atom stereocenters. The normalized spacial score (nSPS) is 11.9. The maximum Gasteiger partial charge on any atom is 0.339 e. The maximum absolute atomic E-state index is 12.8. The molecule has 0 saturated carbocycles. The highest BCUT2D eigenvalue weighted by Crippen LogP contribution is 2.26. The van der Waals surface area contributed by atoms with Crippen LogP contribution in [0, 0.1) is 0 Å². The van der Waals surface area contributed by atoms with Crippen LogP contribution in [0.25, 0.3) is 22.4 Å². The Morgan fingerprint density at radius 3 is 2.52 bits per heavy atom. The van der Waals surface area contributed by atoms with Crippen LogP contribution in [0.3, 0.4) is 0 Å². The van der Waals surface area contributed by atoms with Crippen molar-refractivity contribution in [3.63, 3.8) is 0 Å². The van der Waals surface area contributed by atoms with Crippen molar-refractivity contribution in [2.75, 3.05) is 0 Å². The predicted molar refractivity (Wildman–Crippen MR) is 106 cm³/mol. The van der Waals surface area contributed by atoms with Gasteiger partial charge >= 0.3 is 12.0 Å². The molecule has 0 spiro atoms. The summed E-state index contributed by atoms with van der Waals surface area (Å²) in [5.74, 6) is -0.926. The van der Waals surface area contributed by atoms with Gasteiger partial charge in [-0.2, -0.15) is 0 Å². The molecule has 29 heavy (non-hydrogen) atoms. The molecule has 8 nitrogen and oxygen atoms in total. The summed E-state index contributed by atoms with van der Waals surface area (Å²) in [7, 11) is 0. The topological polar surface area (TPSA) is 111 Å². The molecular formula is C21H21N3O5. The van der Waals surface area contributed by atoms with Gasteiger partial charge in [-0.15, -0.1) is 0 Å². The monoisotopic (exact) mass is 395 g/mol. The number of aromatic nitrogens is 1. The molecule has 3 aromatic rings. The number of rotatable bonds is 5. The highest BCUT2D eigenvalue weighted by atomic mass is 16.5. The number of fused-ring (bicyclic) bond motifs is 1. The zero-order chi connectivity index (χ0) is 21.0. The number of pyridine rings is 1. The van der Waals surface area contributed by atoms with Crippen LogP contribution in [0.4, 0.5) is 4.79 Å². The zero-order valence-electron chi connectivity index (χ0n) is 16.3. The number of ether oxygens (including phenoxy) is 1. The lowest BCUT2D eigenvalue weighted by atomic mass is 10.1. The van der Waals surface area contributed by atoms with Crippen LogP contribution in [0.15, 0.2) is 53.1 Å². The van der Waals surface area contributed by atoms with Crippen LogP contribution >= 0.6 is 0 Å². The van der Waals surface area contributed by atoms with E-state index in [1.807, 2.05) is 0 Å². The average Bonchev–Trinajstić information content (AvgIpc) is 3.21. The molecule has 0 fully saturated rings. The van der Waals surface area contributed by atoms with Gasteiger partial charge in [-0.1, -0.05) is 18.2 Å². The number of carbonyl (C=O) groups is 3. The number of furan rings is 1. The minimum atomic E-state index is -1.17. The molecule has 2 N–H and O–H groups in total. The number of esters is 1. The van der Waals surface area contributed by atoms with Crippen molar-refractivity contribution >= 4 is 28.8 Å². The van der Waals surface area contributed by atoms with Crippen molar-refractivity contribution in [2.45, 2.75) is 32.9 Å². The first-order valence-electron chi connectivity index (χ1n) is 9.11. The fourth-order valence-electron chi connectivity index (χ4n) is 2.68. The number of imide groups is 1. The Morgan fingerprint density at radius 2 is 1.83 bits per heavy atom. The van der Waals surface area contributed by atoms with E-state index in [1.165, 1.54) is 13.2 Å². The summed E-state index contributed by atoms with van der Waals surface area (Å²) < 4.78 is 10.7. The summed E-state index contributed by atoms with van der Waals surface area (Å²) in [6.07, 6.45) is 0.345. The number of nitrogens with one attached hydrogen (secondary N) is 2. The lowest BCUT2D eigenvalue weighted by Gasteiger charge is -2.15. The van der Waals surface area contributed by atoms with Gasteiger partial charge in [0.15, 0.2) is 11.9 Å². The van der Waals surface area contributed by atoms with Gasteiger partial charge in [-0.25, -0.2) is 14.6 Å². The van der Waals surface area contributed by atoms with E-state index in [0.717, 1.165) is 0 Å². The van der Waals surface area contributed by atoms with Crippen LogP contribution in [0.2, 0.25) is 0 Å². The molecule has 1 aromatic carbocycles. The molecule has 0 aliphatic rings. The van der Waals surface area contributed by atoms with E-state index in [0.29, 0.717) is 22.4 Å². The van der Waals surface area contributed by atoms with Gasteiger partial charge in [0.1, 0.15) is 5.69 Å². The second-order valence-corrected chi connectivity index (χ2v) is 6.71. The fraction of sp³-hybridized carbons (Fsp3) is 0.238. The fourth-order valence-corrected chi connectivity index (χ4v) is 2.68. The summed E-state index contributed by atoms with van der Waals surface area (Å²) in [5.41, 5.74) is 1.30. The Morgan fingerprint density at radius 1 is 1.07 bits per heavy atom. The first kappa shape index (κ1) is 20.1. The molecule has 2 aromatic heterocycles. The van der Waals surface area contributed by atoms with Crippen molar-refractivity contribution in [3.05, 3.63) is 54.3 Å². The number of nitrogens with zero attached hydrogens (tertiary/aromatic N) is 1. The predicted octanol–water partition coefficient (Wildman–Crippen LogP) is 3.27. The molecule has 3 amide bonds. The summed E-state index contributed by atoms with van der Waals surface area (Å²) >= 11 is 0. The van der Waals surface area contributed by atoms with E-state index in [-0.39, 0.29) is 11.6 Å². The number of carbonyl (C=O) groups excluding carboxylic acids is 3. The first-order chi connectivity index (χ1) is 13.8. The molecule has 0 aliphatic carbocycles. The van der Waals surface area contributed by atoms with Crippen LogP contribution in [0.1, 0.15) is 31.1 Å². The average molecular weight is 395 g/mol. The smallest absolute Gasteiger partial charge is 0.339 e. The van der Waals surface area contributed by atoms with Crippen molar-refractivity contribution in [3.8, 4) is 11.5 Å². The van der Waals surface area contributed by atoms with E-state index in [4.69, 9.17) is 9.15 Å². The molecule has 0 aliphatic heterocycles. The number of hydrogen-bond donors (Lipinski definition) is 2. The van der Waals surface area contributed by atoms with Crippen LogP contribution in [-0.4, -0.2) is 35.0 Å². The third-order valence-electron chi connectivity index (χ3n) is 4.02. The number of urea groups is 1. The van der Waals surface area contributed by atoms with E-state index in [9.17, 15) is 14.4 Å². The van der Waals surface area contributed by atoms with E-state index < -0.39 is 24.0 Å². The minimum Gasteiger partial charge on any atom is -0.463 e. The molecule has 0 bridgehead atoms. The minimum absolute atomic E-state index is 0.135. The molecule has 3 rings (SSSR count). The summed E-state index contributed by atoms with van der Waals surface area (Å²) in [4.78, 5) is 41.1. The van der Waals surface area contributed by atoms with Crippen LogP contribution in [-0.2, 0) is 9.53 Å². The second kappa shape index (κ2) is 8.55. The molecule has 0 radical (unpaired) electrons. The Labute approximate surface area is 167 Å². The Hall–Kier alpha value is -3.68. The van der Waals surface area contributed by atoms with Gasteiger partial charge < -0.3 is 14.5 Å². The second-order valence-electron chi connectivity index (χ2n) is 6.71. The highest BCUT2D eigenvalue weighted by molar-refractivity contribution is 6.05. The van der Waals surface area contributed by atoms with Crippen molar-refractivity contribution in [1.29, 1.82) is 0 Å². The van der Waals surface area contributed by atoms with E-state index in [1.54, 1.807) is 56.3 Å². The van der Waals surface area contributed by atoms with Crippen molar-refractivity contribution in [2.24, 2.45) is 0 Å². The van der Waals surface area contributed by atoms with Gasteiger partial charge in [0.25, 0.3) is 5.91 Å². The third kappa shape index (κ3) is 4.78. The van der Waals surface area contributed by atoms with Gasteiger partial charge in [-0.05, 0) is 45.0 Å². The largest absolute Gasteiger partial charge is 0.463 e. The van der Waals surface area contributed by atoms with Gasteiger partial charge in [-0.3, -0.25) is 10.1 Å². The molecule has 0 saturated heterocycles. The van der Waals surface area contributed by atoms with E-state index in [2.05, 4.69) is 15.6 Å². The Balaban J connectivity index is 1.83. The van der Waals surface area contributed by atoms with Gasteiger partial charge in [0, 0.05) is 11.4 Å². The van der Waals surface area contributed by atoms with Crippen molar-refractivity contribution in [1.82, 2.24) is 15.6 Å². The summed E-state index contributed by atoms with van der Waals surface area (Å²) in [6.45, 7) is 4.92. The number of amides is 3. The van der Waals surface area contributed by atoms with Crippen LogP contribution < -0.4 is 10.6 Å². The quantitative estimate of drug-likeness (QED) is 0.642. The number of hydrogen-bond acceptors (Lipinski definition) is 6. The maximum atomic E-state index is 12.8. The number of para-hydroxylation sites is 1. The zero-order valence-corrected chi connectivity index (χ0v) is 16.3. The number of benzene rings is 1.